The molecule has 1 aliphatic heterocycles. The fourth-order valence-corrected chi connectivity index (χ4v) is 4.39. The fraction of sp³-hybridized carbons (Fsp3) is 0.316. The van der Waals surface area contributed by atoms with Gasteiger partial charge in [-0.05, 0) is 48.7 Å². The third-order valence-electron chi connectivity index (χ3n) is 4.69. The summed E-state index contributed by atoms with van der Waals surface area (Å²) in [6.45, 7) is 6.55. The standard InChI is InChI=1S/C19H19NO2S/c1-11-3-6-16-18(12(11)2)19(21)14-5-4-13(9-17(14)23-16)15-10-20-7-8-22-15/h3-6,9,15,20H,7-8,10H2,1-2H3. The lowest BCUT2D eigenvalue weighted by Gasteiger charge is -2.24. The maximum Gasteiger partial charge on any atom is 0.196 e. The van der Waals surface area contributed by atoms with Gasteiger partial charge in [0.05, 0.1) is 12.7 Å². The molecule has 118 valence electrons. The molecule has 1 unspecified atom stereocenters. The largest absolute Gasteiger partial charge is 0.371 e. The molecule has 0 spiro atoms. The van der Waals surface area contributed by atoms with Crippen LogP contribution in [0.4, 0.5) is 0 Å². The summed E-state index contributed by atoms with van der Waals surface area (Å²) in [5, 5.41) is 5.03. The van der Waals surface area contributed by atoms with Crippen molar-refractivity contribution in [3.05, 3.63) is 57.2 Å². The molecule has 4 heteroatoms. The second-order valence-electron chi connectivity index (χ2n) is 6.13. The third kappa shape index (κ3) is 2.47. The average molecular weight is 325 g/mol. The molecule has 4 rings (SSSR count). The molecule has 2 aromatic carbocycles. The first-order valence-electron chi connectivity index (χ1n) is 7.94. The van der Waals surface area contributed by atoms with Crippen LogP contribution in [0.15, 0.2) is 35.1 Å². The Morgan fingerprint density at radius 3 is 2.83 bits per heavy atom. The van der Waals surface area contributed by atoms with Gasteiger partial charge in [0.2, 0.25) is 0 Å². The Labute approximate surface area is 138 Å². The van der Waals surface area contributed by atoms with Crippen LogP contribution in [0.25, 0.3) is 20.2 Å². The van der Waals surface area contributed by atoms with Crippen LogP contribution in [0.3, 0.4) is 0 Å². The number of rotatable bonds is 1. The van der Waals surface area contributed by atoms with Crippen molar-refractivity contribution in [2.24, 2.45) is 0 Å². The van der Waals surface area contributed by atoms with Crippen molar-refractivity contribution in [3.63, 3.8) is 0 Å². The molecule has 0 bridgehead atoms. The summed E-state index contributed by atoms with van der Waals surface area (Å²) < 4.78 is 7.93. The Balaban J connectivity index is 1.94. The highest BCUT2D eigenvalue weighted by atomic mass is 32.1. The molecule has 23 heavy (non-hydrogen) atoms. The van der Waals surface area contributed by atoms with E-state index in [4.69, 9.17) is 4.74 Å². The quantitative estimate of drug-likeness (QED) is 0.694. The van der Waals surface area contributed by atoms with Crippen molar-refractivity contribution in [3.8, 4) is 0 Å². The Morgan fingerprint density at radius 2 is 2.04 bits per heavy atom. The highest BCUT2D eigenvalue weighted by Crippen LogP contribution is 2.30. The van der Waals surface area contributed by atoms with Crippen LogP contribution in [0, 0.1) is 13.8 Å². The van der Waals surface area contributed by atoms with Gasteiger partial charge in [-0.3, -0.25) is 4.79 Å². The van der Waals surface area contributed by atoms with Crippen LogP contribution in [0.2, 0.25) is 0 Å². The van der Waals surface area contributed by atoms with E-state index < -0.39 is 0 Å². The minimum Gasteiger partial charge on any atom is -0.371 e. The number of benzene rings is 2. The zero-order chi connectivity index (χ0) is 16.0. The lowest BCUT2D eigenvalue weighted by molar-refractivity contribution is 0.0278. The van der Waals surface area contributed by atoms with Gasteiger partial charge in [0.15, 0.2) is 5.43 Å². The van der Waals surface area contributed by atoms with Crippen LogP contribution in [0.1, 0.15) is 22.8 Å². The van der Waals surface area contributed by atoms with Gasteiger partial charge in [0.25, 0.3) is 0 Å². The van der Waals surface area contributed by atoms with Crippen molar-refractivity contribution >= 4 is 31.5 Å². The Bertz CT molecular complexity index is 955. The molecular weight excluding hydrogens is 306 g/mol. The van der Waals surface area contributed by atoms with Gasteiger partial charge in [0.1, 0.15) is 0 Å². The Hall–Kier alpha value is -1.75. The third-order valence-corrected chi connectivity index (χ3v) is 5.81. The van der Waals surface area contributed by atoms with E-state index in [1.807, 2.05) is 19.1 Å². The molecule has 1 N–H and O–H groups in total. The van der Waals surface area contributed by atoms with E-state index in [0.717, 1.165) is 51.0 Å². The summed E-state index contributed by atoms with van der Waals surface area (Å²) >= 11 is 1.69. The van der Waals surface area contributed by atoms with Gasteiger partial charge < -0.3 is 10.1 Å². The maximum absolute atomic E-state index is 12.9. The van der Waals surface area contributed by atoms with Gasteiger partial charge in [-0.15, -0.1) is 11.3 Å². The lowest BCUT2D eigenvalue weighted by Crippen LogP contribution is -2.33. The van der Waals surface area contributed by atoms with E-state index in [1.165, 1.54) is 5.56 Å². The maximum atomic E-state index is 12.9. The normalized spacial score (nSPS) is 18.6. The van der Waals surface area contributed by atoms with E-state index in [0.29, 0.717) is 0 Å². The van der Waals surface area contributed by atoms with Gasteiger partial charge >= 0.3 is 0 Å². The van der Waals surface area contributed by atoms with E-state index in [-0.39, 0.29) is 11.5 Å². The highest BCUT2D eigenvalue weighted by Gasteiger charge is 2.17. The number of aryl methyl sites for hydroxylation is 2. The van der Waals surface area contributed by atoms with E-state index in [2.05, 4.69) is 30.4 Å². The van der Waals surface area contributed by atoms with Crippen LogP contribution < -0.4 is 10.7 Å². The average Bonchev–Trinajstić information content (AvgIpc) is 2.58. The molecular formula is C19H19NO2S. The molecule has 0 radical (unpaired) electrons. The van der Waals surface area contributed by atoms with Gasteiger partial charge in [0, 0.05) is 33.3 Å². The molecule has 1 saturated heterocycles. The summed E-state index contributed by atoms with van der Waals surface area (Å²) in [6, 6.07) is 10.3. The van der Waals surface area contributed by atoms with Crippen molar-refractivity contribution in [2.45, 2.75) is 20.0 Å². The molecule has 1 aromatic heterocycles. The SMILES string of the molecule is Cc1ccc2sc3cc(C4CNCCO4)ccc3c(=O)c2c1C. The van der Waals surface area contributed by atoms with Crippen molar-refractivity contribution < 1.29 is 4.74 Å². The number of nitrogens with one attached hydrogen (secondary N) is 1. The van der Waals surface area contributed by atoms with Crippen molar-refractivity contribution in [1.29, 1.82) is 0 Å². The topological polar surface area (TPSA) is 38.3 Å². The monoisotopic (exact) mass is 325 g/mol. The predicted octanol–water partition coefficient (Wildman–Crippen LogP) is 3.69. The number of ether oxygens (including phenoxy) is 1. The number of fused-ring (bicyclic) bond motifs is 2. The van der Waals surface area contributed by atoms with Crippen LogP contribution in [0.5, 0.6) is 0 Å². The summed E-state index contributed by atoms with van der Waals surface area (Å²) in [4.78, 5) is 12.9. The lowest BCUT2D eigenvalue weighted by atomic mass is 10.0. The smallest absolute Gasteiger partial charge is 0.196 e. The first kappa shape index (κ1) is 14.8. The highest BCUT2D eigenvalue weighted by molar-refractivity contribution is 7.24. The molecule has 1 aliphatic rings. The molecule has 3 aromatic rings. The number of hydrogen-bond donors (Lipinski definition) is 1. The molecule has 2 heterocycles. The zero-order valence-electron chi connectivity index (χ0n) is 13.3. The zero-order valence-corrected chi connectivity index (χ0v) is 14.1. The second-order valence-corrected chi connectivity index (χ2v) is 7.21. The van der Waals surface area contributed by atoms with Crippen LogP contribution in [-0.2, 0) is 4.74 Å². The molecule has 0 amide bonds. The number of hydrogen-bond acceptors (Lipinski definition) is 4. The summed E-state index contributed by atoms with van der Waals surface area (Å²) in [7, 11) is 0. The second kappa shape index (κ2) is 5.71. The Morgan fingerprint density at radius 1 is 1.17 bits per heavy atom. The minimum absolute atomic E-state index is 0.0749. The molecule has 0 aliphatic carbocycles. The van der Waals surface area contributed by atoms with E-state index >= 15 is 0 Å². The van der Waals surface area contributed by atoms with Crippen LogP contribution >= 0.6 is 11.3 Å². The molecule has 0 saturated carbocycles. The molecule has 1 atom stereocenters. The summed E-state index contributed by atoms with van der Waals surface area (Å²) in [5.74, 6) is 0. The first-order valence-corrected chi connectivity index (χ1v) is 8.76. The van der Waals surface area contributed by atoms with Gasteiger partial charge in [-0.2, -0.15) is 0 Å². The predicted molar refractivity (Wildman–Crippen MR) is 96.6 cm³/mol. The minimum atomic E-state index is 0.0749. The molecule has 3 nitrogen and oxygen atoms in total. The van der Waals surface area contributed by atoms with Crippen molar-refractivity contribution in [2.75, 3.05) is 19.7 Å². The Kier molecular flexibility index (Phi) is 3.68. The molecule has 1 fully saturated rings. The van der Waals surface area contributed by atoms with Gasteiger partial charge in [-0.1, -0.05) is 12.1 Å². The summed E-state index contributed by atoms with van der Waals surface area (Å²) in [6.07, 6.45) is 0.0749. The van der Waals surface area contributed by atoms with E-state index in [1.54, 1.807) is 11.3 Å². The van der Waals surface area contributed by atoms with E-state index in [9.17, 15) is 4.79 Å². The van der Waals surface area contributed by atoms with Gasteiger partial charge in [-0.25, -0.2) is 0 Å². The fourth-order valence-electron chi connectivity index (χ4n) is 3.20. The first-order chi connectivity index (χ1) is 11.1. The number of morpholine rings is 1. The van der Waals surface area contributed by atoms with Crippen LogP contribution in [-0.4, -0.2) is 19.7 Å². The summed E-state index contributed by atoms with van der Waals surface area (Å²) in [5.41, 5.74) is 3.54. The van der Waals surface area contributed by atoms with Crippen molar-refractivity contribution in [1.82, 2.24) is 5.32 Å².